The van der Waals surface area contributed by atoms with E-state index in [0.717, 1.165) is 39.9 Å². The number of fused-ring (bicyclic) bond motifs is 2. The number of rotatable bonds is 1. The van der Waals surface area contributed by atoms with Crippen molar-refractivity contribution in [3.8, 4) is 0 Å². The second kappa shape index (κ2) is 2.89. The fourth-order valence-electron chi connectivity index (χ4n) is 1.94. The molecule has 0 saturated carbocycles. The highest BCUT2D eigenvalue weighted by atomic mass is 16.3. The van der Waals surface area contributed by atoms with Crippen LogP contribution in [0.3, 0.4) is 0 Å². The molecule has 0 atom stereocenters. The molecule has 15 heavy (non-hydrogen) atoms. The molecule has 0 amide bonds. The fourth-order valence-corrected chi connectivity index (χ4v) is 1.94. The summed E-state index contributed by atoms with van der Waals surface area (Å²) < 4.78 is 11.2. The van der Waals surface area contributed by atoms with Crippen molar-refractivity contribution in [2.75, 3.05) is 0 Å². The molecule has 1 aromatic carbocycles. The van der Waals surface area contributed by atoms with Crippen molar-refractivity contribution in [2.24, 2.45) is 0 Å². The third kappa shape index (κ3) is 1.25. The van der Waals surface area contributed by atoms with E-state index in [0.29, 0.717) is 0 Å². The minimum Gasteiger partial charge on any atom is -0.461 e. The fraction of sp³-hybridized carbons (Fsp3) is 0.231. The van der Waals surface area contributed by atoms with Gasteiger partial charge in [0.05, 0.1) is 0 Å². The summed E-state index contributed by atoms with van der Waals surface area (Å²) in [5.74, 6) is 1.96. The molecule has 3 rings (SSSR count). The molecule has 2 nitrogen and oxygen atoms in total. The molecular formula is C13H12O2. The second-order valence-electron chi connectivity index (χ2n) is 3.85. The van der Waals surface area contributed by atoms with E-state index >= 15 is 0 Å². The van der Waals surface area contributed by atoms with Crippen LogP contribution in [-0.2, 0) is 6.42 Å². The van der Waals surface area contributed by atoms with Crippen molar-refractivity contribution < 1.29 is 8.83 Å². The molecule has 0 spiro atoms. The molecule has 0 aliphatic carbocycles. The largest absolute Gasteiger partial charge is 0.461 e. The Balaban J connectivity index is 2.37. The van der Waals surface area contributed by atoms with Gasteiger partial charge in [0.1, 0.15) is 22.7 Å². The summed E-state index contributed by atoms with van der Waals surface area (Å²) in [6.07, 6.45) is 0.926. The first kappa shape index (κ1) is 8.60. The summed E-state index contributed by atoms with van der Waals surface area (Å²) in [5.41, 5.74) is 1.81. The Kier molecular flexibility index (Phi) is 1.66. The normalized spacial score (nSPS) is 11.6. The molecule has 0 aliphatic rings. The Morgan fingerprint density at radius 1 is 0.933 bits per heavy atom. The molecule has 0 bridgehead atoms. The Hall–Kier alpha value is -1.70. The average molecular weight is 200 g/mol. The molecule has 2 heteroatoms. The van der Waals surface area contributed by atoms with Crippen molar-refractivity contribution in [3.05, 3.63) is 35.8 Å². The van der Waals surface area contributed by atoms with E-state index < -0.39 is 0 Å². The molecule has 0 saturated heterocycles. The minimum absolute atomic E-state index is 0.900. The van der Waals surface area contributed by atoms with Gasteiger partial charge in [-0.05, 0) is 25.1 Å². The second-order valence-corrected chi connectivity index (χ2v) is 3.85. The van der Waals surface area contributed by atoms with Crippen LogP contribution < -0.4 is 0 Å². The van der Waals surface area contributed by atoms with Crippen molar-refractivity contribution in [2.45, 2.75) is 20.3 Å². The number of benzene rings is 1. The minimum atomic E-state index is 0.900. The lowest BCUT2D eigenvalue weighted by Crippen LogP contribution is -1.67. The van der Waals surface area contributed by atoms with Crippen molar-refractivity contribution >= 4 is 21.9 Å². The first-order valence-electron chi connectivity index (χ1n) is 5.19. The maximum atomic E-state index is 5.67. The van der Waals surface area contributed by atoms with E-state index in [1.54, 1.807) is 0 Å². The Bertz CT molecular complexity index is 577. The van der Waals surface area contributed by atoms with Gasteiger partial charge in [0.25, 0.3) is 0 Å². The van der Waals surface area contributed by atoms with Crippen LogP contribution in [-0.4, -0.2) is 0 Å². The zero-order valence-electron chi connectivity index (χ0n) is 8.83. The Morgan fingerprint density at radius 3 is 2.47 bits per heavy atom. The van der Waals surface area contributed by atoms with Gasteiger partial charge >= 0.3 is 0 Å². The van der Waals surface area contributed by atoms with Crippen LogP contribution in [0.1, 0.15) is 18.4 Å². The van der Waals surface area contributed by atoms with Gasteiger partial charge in [0.2, 0.25) is 0 Å². The SMILES string of the molecule is CCc1cc2cc3cc(C)oc3cc2o1. The van der Waals surface area contributed by atoms with E-state index in [2.05, 4.69) is 19.1 Å². The molecule has 3 aromatic rings. The van der Waals surface area contributed by atoms with Crippen molar-refractivity contribution in [3.63, 3.8) is 0 Å². The summed E-state index contributed by atoms with van der Waals surface area (Å²) in [7, 11) is 0. The highest BCUT2D eigenvalue weighted by Gasteiger charge is 2.06. The summed E-state index contributed by atoms with van der Waals surface area (Å²) in [5, 5.41) is 2.30. The van der Waals surface area contributed by atoms with Gasteiger partial charge in [-0.25, -0.2) is 0 Å². The standard InChI is InChI=1S/C13H12O2/c1-3-11-6-10-5-9-4-8(2)14-12(9)7-13(10)15-11/h4-7H,3H2,1-2H3. The summed E-state index contributed by atoms with van der Waals surface area (Å²) in [6.45, 7) is 4.05. The topological polar surface area (TPSA) is 26.3 Å². The Labute approximate surface area is 87.5 Å². The van der Waals surface area contributed by atoms with E-state index in [1.807, 2.05) is 19.1 Å². The number of hydrogen-bond acceptors (Lipinski definition) is 2. The molecule has 0 fully saturated rings. The number of aryl methyl sites for hydroxylation is 2. The van der Waals surface area contributed by atoms with E-state index in [4.69, 9.17) is 8.83 Å². The lowest BCUT2D eigenvalue weighted by atomic mass is 10.2. The molecule has 0 N–H and O–H groups in total. The van der Waals surface area contributed by atoms with Gasteiger partial charge < -0.3 is 8.83 Å². The highest BCUT2D eigenvalue weighted by molar-refractivity contribution is 5.93. The zero-order chi connectivity index (χ0) is 10.4. The van der Waals surface area contributed by atoms with Crippen LogP contribution in [0, 0.1) is 6.92 Å². The molecule has 2 aromatic heterocycles. The maximum absolute atomic E-state index is 5.67. The Morgan fingerprint density at radius 2 is 1.67 bits per heavy atom. The number of furan rings is 2. The van der Waals surface area contributed by atoms with Crippen LogP contribution in [0.4, 0.5) is 0 Å². The molecule has 76 valence electrons. The molecular weight excluding hydrogens is 188 g/mol. The van der Waals surface area contributed by atoms with Gasteiger partial charge in [-0.3, -0.25) is 0 Å². The first-order valence-corrected chi connectivity index (χ1v) is 5.19. The predicted molar refractivity (Wildman–Crippen MR) is 60.1 cm³/mol. The van der Waals surface area contributed by atoms with Gasteiger partial charge in [-0.15, -0.1) is 0 Å². The third-order valence-electron chi connectivity index (χ3n) is 2.68. The smallest absolute Gasteiger partial charge is 0.138 e. The van der Waals surface area contributed by atoms with Crippen molar-refractivity contribution in [1.29, 1.82) is 0 Å². The summed E-state index contributed by atoms with van der Waals surface area (Å²) in [6, 6.07) is 8.23. The summed E-state index contributed by atoms with van der Waals surface area (Å²) >= 11 is 0. The predicted octanol–water partition coefficient (Wildman–Crippen LogP) is 4.05. The molecule has 0 radical (unpaired) electrons. The van der Waals surface area contributed by atoms with Gasteiger partial charge in [0.15, 0.2) is 0 Å². The van der Waals surface area contributed by atoms with Crippen LogP contribution in [0.5, 0.6) is 0 Å². The average Bonchev–Trinajstić information content (AvgIpc) is 2.74. The van der Waals surface area contributed by atoms with E-state index in [9.17, 15) is 0 Å². The van der Waals surface area contributed by atoms with Crippen LogP contribution in [0.2, 0.25) is 0 Å². The quantitative estimate of drug-likeness (QED) is 0.592. The van der Waals surface area contributed by atoms with Crippen LogP contribution >= 0.6 is 0 Å². The molecule has 0 unspecified atom stereocenters. The van der Waals surface area contributed by atoms with Gasteiger partial charge in [-0.1, -0.05) is 6.92 Å². The monoisotopic (exact) mass is 200 g/mol. The lowest BCUT2D eigenvalue weighted by Gasteiger charge is -1.88. The van der Waals surface area contributed by atoms with Gasteiger partial charge in [-0.2, -0.15) is 0 Å². The maximum Gasteiger partial charge on any atom is 0.138 e. The summed E-state index contributed by atoms with van der Waals surface area (Å²) in [4.78, 5) is 0. The van der Waals surface area contributed by atoms with Crippen molar-refractivity contribution in [1.82, 2.24) is 0 Å². The van der Waals surface area contributed by atoms with Gasteiger partial charge in [0, 0.05) is 23.3 Å². The zero-order valence-corrected chi connectivity index (χ0v) is 8.83. The van der Waals surface area contributed by atoms with E-state index in [1.165, 1.54) is 0 Å². The molecule has 2 heterocycles. The first-order chi connectivity index (χ1) is 7.26. The lowest BCUT2D eigenvalue weighted by molar-refractivity contribution is 0.553. The third-order valence-corrected chi connectivity index (χ3v) is 2.68. The van der Waals surface area contributed by atoms with Crippen LogP contribution in [0.25, 0.3) is 21.9 Å². The van der Waals surface area contributed by atoms with Crippen LogP contribution in [0.15, 0.2) is 33.1 Å². The van der Waals surface area contributed by atoms with E-state index in [-0.39, 0.29) is 0 Å². The molecule has 0 aliphatic heterocycles. The highest BCUT2D eigenvalue weighted by Crippen LogP contribution is 2.27. The number of hydrogen-bond donors (Lipinski definition) is 0.